The summed E-state index contributed by atoms with van der Waals surface area (Å²) in [5, 5.41) is 38.3. The van der Waals surface area contributed by atoms with Gasteiger partial charge in [0.1, 0.15) is 0 Å². The molecule has 0 unspecified atom stereocenters. The fourth-order valence-electron chi connectivity index (χ4n) is 2.21. The average Bonchev–Trinajstić information content (AvgIpc) is 2.56. The van der Waals surface area contributed by atoms with Gasteiger partial charge in [0.2, 0.25) is 0 Å². The first-order valence-electron chi connectivity index (χ1n) is 8.74. The minimum Gasteiger partial charge on any atom is -0.874 e. The van der Waals surface area contributed by atoms with Gasteiger partial charge in [0.15, 0.2) is 0 Å². The molecule has 0 spiro atoms. The topological polar surface area (TPSA) is 141 Å². The second-order valence-corrected chi connectivity index (χ2v) is 6.01. The first-order chi connectivity index (χ1) is 12.2. The quantitative estimate of drug-likeness (QED) is 0.194. The number of aliphatic carboxylic acids is 3. The predicted octanol–water partition coefficient (Wildman–Crippen LogP) is -2.59. The van der Waals surface area contributed by atoms with E-state index in [2.05, 4.69) is 0 Å². The molecule has 0 radical (unpaired) electrons. The Hall–Kier alpha value is -1.69. The van der Waals surface area contributed by atoms with Gasteiger partial charge >= 0.3 is 36.8 Å². The van der Waals surface area contributed by atoms with E-state index in [1.807, 2.05) is 6.92 Å². The maximum Gasteiger partial charge on any atom is 1.00 e. The second kappa shape index (κ2) is 16.5. The van der Waals surface area contributed by atoms with Gasteiger partial charge < -0.3 is 30.2 Å². The Morgan fingerprint density at radius 1 is 0.815 bits per heavy atom. The molecular weight excluding hydrogens is 351 g/mol. The van der Waals surface area contributed by atoms with Crippen molar-refractivity contribution in [2.24, 2.45) is 0 Å². The Morgan fingerprint density at radius 3 is 1.74 bits per heavy atom. The number of hydrogen-bond acceptors (Lipinski definition) is 6. The number of nitrogens with zero attached hydrogens (tertiary/aromatic N) is 2. The molecule has 0 heterocycles. The van der Waals surface area contributed by atoms with Crippen LogP contribution in [0.1, 0.15) is 45.4 Å². The van der Waals surface area contributed by atoms with Crippen LogP contribution in [0.25, 0.3) is 0 Å². The van der Waals surface area contributed by atoms with Gasteiger partial charge in [-0.3, -0.25) is 14.4 Å². The molecule has 0 atom stereocenters. The molecule has 27 heavy (non-hydrogen) atoms. The van der Waals surface area contributed by atoms with Gasteiger partial charge in [-0.1, -0.05) is 19.8 Å². The van der Waals surface area contributed by atoms with Crippen LogP contribution in [0.2, 0.25) is 0 Å². The zero-order chi connectivity index (χ0) is 19.9. The molecule has 10 heteroatoms. The zero-order valence-electron chi connectivity index (χ0n) is 16.2. The summed E-state index contributed by atoms with van der Waals surface area (Å²) in [5.74, 6) is -3.01. The molecule has 0 saturated heterocycles. The van der Waals surface area contributed by atoms with E-state index in [0.29, 0.717) is 19.5 Å². The molecule has 0 bridgehead atoms. The Labute approximate surface area is 171 Å². The van der Waals surface area contributed by atoms with Crippen LogP contribution in [0.5, 0.6) is 0 Å². The molecule has 150 valence electrons. The fraction of sp³-hybridized carbons (Fsp3) is 0.706. The third kappa shape index (κ3) is 17.5. The molecule has 3 N–H and O–H groups in total. The summed E-state index contributed by atoms with van der Waals surface area (Å²) in [6, 6.07) is 0. The van der Waals surface area contributed by atoms with E-state index in [-0.39, 0.29) is 63.5 Å². The van der Waals surface area contributed by atoms with E-state index >= 15 is 0 Å². The molecule has 0 aromatic carbocycles. The van der Waals surface area contributed by atoms with Crippen LogP contribution in [0.15, 0.2) is 12.0 Å². The molecule has 9 nitrogen and oxygen atoms in total. The van der Waals surface area contributed by atoms with E-state index in [0.717, 1.165) is 12.8 Å². The van der Waals surface area contributed by atoms with Crippen LogP contribution in [-0.4, -0.2) is 75.8 Å². The van der Waals surface area contributed by atoms with Crippen LogP contribution >= 0.6 is 0 Å². The summed E-state index contributed by atoms with van der Waals surface area (Å²) in [6.45, 7) is 3.19. The predicted molar refractivity (Wildman–Crippen MR) is 92.4 cm³/mol. The zero-order valence-corrected chi connectivity index (χ0v) is 16.2. The van der Waals surface area contributed by atoms with E-state index in [4.69, 9.17) is 15.3 Å². The maximum atomic E-state index is 11.9. The van der Waals surface area contributed by atoms with Crippen molar-refractivity contribution in [3.8, 4) is 0 Å². The summed E-state index contributed by atoms with van der Waals surface area (Å²) < 4.78 is 0. The van der Waals surface area contributed by atoms with Crippen LogP contribution in [-0.2, 0) is 14.4 Å². The normalized spacial score (nSPS) is 11.1. The van der Waals surface area contributed by atoms with Crippen LogP contribution in [0.4, 0.5) is 0 Å². The first kappa shape index (κ1) is 27.5. The van der Waals surface area contributed by atoms with Gasteiger partial charge in [0.25, 0.3) is 0 Å². The molecule has 0 rings (SSSR count). The van der Waals surface area contributed by atoms with Crippen molar-refractivity contribution in [2.75, 3.05) is 32.7 Å². The number of unbranched alkanes of at least 4 members (excludes halogenated alkanes) is 1. The fourth-order valence-corrected chi connectivity index (χ4v) is 2.21. The molecular formula is C17H29LiN2O7. The van der Waals surface area contributed by atoms with Gasteiger partial charge in [0, 0.05) is 32.7 Å². The van der Waals surface area contributed by atoms with E-state index in [1.165, 1.54) is 6.20 Å². The number of hydrogen-bond donors (Lipinski definition) is 3. The van der Waals surface area contributed by atoms with E-state index in [1.54, 1.807) is 9.80 Å². The van der Waals surface area contributed by atoms with Crippen molar-refractivity contribution >= 4 is 17.9 Å². The molecule has 0 aliphatic heterocycles. The van der Waals surface area contributed by atoms with Crippen molar-refractivity contribution in [1.29, 1.82) is 0 Å². The number of carboxylic acid groups (broad SMARTS) is 3. The van der Waals surface area contributed by atoms with Crippen molar-refractivity contribution in [3.05, 3.63) is 12.0 Å². The molecule has 0 aliphatic carbocycles. The van der Waals surface area contributed by atoms with Crippen molar-refractivity contribution in [3.63, 3.8) is 0 Å². The van der Waals surface area contributed by atoms with Gasteiger partial charge in [-0.25, -0.2) is 0 Å². The van der Waals surface area contributed by atoms with Gasteiger partial charge in [-0.2, -0.15) is 0 Å². The van der Waals surface area contributed by atoms with Gasteiger partial charge in [-0.05, 0) is 12.6 Å². The Bertz CT molecular complexity index is 468. The molecule has 0 amide bonds. The molecule has 0 fully saturated rings. The third-order valence-electron chi connectivity index (χ3n) is 3.70. The van der Waals surface area contributed by atoms with E-state index < -0.39 is 17.9 Å². The van der Waals surface area contributed by atoms with Gasteiger partial charge in [-0.15, -0.1) is 5.76 Å². The van der Waals surface area contributed by atoms with Crippen LogP contribution in [0.3, 0.4) is 0 Å². The summed E-state index contributed by atoms with van der Waals surface area (Å²) in [4.78, 5) is 35.6. The van der Waals surface area contributed by atoms with Crippen LogP contribution in [0, 0.1) is 0 Å². The largest absolute Gasteiger partial charge is 1.00 e. The summed E-state index contributed by atoms with van der Waals surface area (Å²) >= 11 is 0. The standard InChI is InChI=1S/C17H30N2O7.Li/c1-2-3-4-14(20)13-19(10-7-17(25)26)12-11-18(8-5-15(21)22)9-6-16(23)24;/h13,20H,2-12H2,1H3,(H,21,22)(H,23,24)(H,25,26);/q;+1/p-1/b14-13-;. The molecule has 0 aromatic rings. The number of allylic oxidation sites excluding steroid dienone is 1. The second-order valence-electron chi connectivity index (χ2n) is 6.01. The maximum absolute atomic E-state index is 11.9. The molecule has 0 aliphatic rings. The number of carbonyl (C=O) groups is 3. The van der Waals surface area contributed by atoms with Crippen molar-refractivity contribution in [2.45, 2.75) is 45.4 Å². The number of carboxylic acids is 3. The Kier molecular flexibility index (Phi) is 16.8. The third-order valence-corrected chi connectivity index (χ3v) is 3.70. The van der Waals surface area contributed by atoms with Crippen LogP contribution < -0.4 is 24.0 Å². The Balaban J connectivity index is 0. The first-order valence-corrected chi connectivity index (χ1v) is 8.74. The van der Waals surface area contributed by atoms with Crippen molar-refractivity contribution < 1.29 is 53.7 Å². The Morgan fingerprint density at radius 2 is 1.30 bits per heavy atom. The minimum absolute atomic E-state index is 0. The van der Waals surface area contributed by atoms with E-state index in [9.17, 15) is 19.5 Å². The minimum atomic E-state index is -0.977. The smallest absolute Gasteiger partial charge is 0.874 e. The molecule has 0 saturated carbocycles. The molecule has 0 aromatic heterocycles. The number of rotatable bonds is 16. The van der Waals surface area contributed by atoms with Gasteiger partial charge in [0.05, 0.1) is 19.3 Å². The monoisotopic (exact) mass is 380 g/mol. The average molecular weight is 380 g/mol. The summed E-state index contributed by atoms with van der Waals surface area (Å²) in [6.07, 6.45) is 3.08. The summed E-state index contributed by atoms with van der Waals surface area (Å²) in [5.41, 5.74) is 0. The van der Waals surface area contributed by atoms with Crippen molar-refractivity contribution in [1.82, 2.24) is 9.80 Å². The SMILES string of the molecule is CCCC/C([O-])=C/N(CCC(=O)O)CCN(CCC(=O)O)CCC(=O)O.[Li+]. The summed E-state index contributed by atoms with van der Waals surface area (Å²) in [7, 11) is 0.